The molecule has 2 rings (SSSR count). The van der Waals surface area contributed by atoms with Gasteiger partial charge in [0.2, 0.25) is 15.9 Å². The monoisotopic (exact) mass is 399 g/mol. The summed E-state index contributed by atoms with van der Waals surface area (Å²) in [6.45, 7) is 4.37. The predicted octanol–water partition coefficient (Wildman–Crippen LogP) is 2.36. The van der Waals surface area contributed by atoms with E-state index in [0.717, 1.165) is 42.6 Å². The molecule has 27 heavy (non-hydrogen) atoms. The van der Waals surface area contributed by atoms with Crippen LogP contribution >= 0.6 is 0 Å². The highest BCUT2D eigenvalue weighted by molar-refractivity contribution is 7.92. The fourth-order valence-electron chi connectivity index (χ4n) is 3.54. The van der Waals surface area contributed by atoms with Crippen LogP contribution in [0, 0.1) is 5.82 Å². The second kappa shape index (κ2) is 10.0. The molecule has 1 aromatic rings. The van der Waals surface area contributed by atoms with Crippen molar-refractivity contribution in [2.75, 3.05) is 36.7 Å². The van der Waals surface area contributed by atoms with Crippen LogP contribution in [0.1, 0.15) is 39.0 Å². The minimum absolute atomic E-state index is 0.145. The molecule has 1 aliphatic heterocycles. The molecule has 0 saturated carbocycles. The molecule has 1 amide bonds. The summed E-state index contributed by atoms with van der Waals surface area (Å²) in [6.07, 6.45) is 6.71. The highest BCUT2D eigenvalue weighted by Gasteiger charge is 2.22. The van der Waals surface area contributed by atoms with Gasteiger partial charge in [-0.2, -0.15) is 0 Å². The van der Waals surface area contributed by atoms with Gasteiger partial charge >= 0.3 is 0 Å². The Morgan fingerprint density at radius 2 is 2.15 bits per heavy atom. The molecular formula is C19H30FN3O3S. The Morgan fingerprint density at radius 3 is 2.81 bits per heavy atom. The van der Waals surface area contributed by atoms with Gasteiger partial charge in [-0.1, -0.05) is 19.4 Å². The first kappa shape index (κ1) is 21.6. The fourth-order valence-corrected chi connectivity index (χ4v) is 4.39. The summed E-state index contributed by atoms with van der Waals surface area (Å²) in [6, 6.07) is 5.86. The van der Waals surface area contributed by atoms with Gasteiger partial charge in [-0.15, -0.1) is 0 Å². The first-order valence-electron chi connectivity index (χ1n) is 9.55. The summed E-state index contributed by atoms with van der Waals surface area (Å²) < 4.78 is 38.3. The molecule has 1 unspecified atom stereocenters. The Kier molecular flexibility index (Phi) is 8.04. The maximum Gasteiger partial charge on any atom is 0.240 e. The maximum absolute atomic E-state index is 13.4. The van der Waals surface area contributed by atoms with Gasteiger partial charge in [0.15, 0.2) is 0 Å². The summed E-state index contributed by atoms with van der Waals surface area (Å²) >= 11 is 0. The highest BCUT2D eigenvalue weighted by atomic mass is 32.2. The van der Waals surface area contributed by atoms with E-state index in [-0.39, 0.29) is 12.2 Å². The number of halogens is 1. The number of nitrogens with one attached hydrogen (secondary N) is 1. The van der Waals surface area contributed by atoms with Crippen molar-refractivity contribution >= 4 is 21.6 Å². The molecule has 0 aliphatic carbocycles. The third-order valence-electron chi connectivity index (χ3n) is 4.95. The number of benzene rings is 1. The van der Waals surface area contributed by atoms with Gasteiger partial charge in [0.05, 0.1) is 11.9 Å². The molecule has 6 nitrogen and oxygen atoms in total. The number of hydrogen-bond donors (Lipinski definition) is 1. The largest absolute Gasteiger partial charge is 0.354 e. The molecule has 0 bridgehead atoms. The number of carbonyl (C=O) groups is 1. The normalized spacial score (nSPS) is 18.3. The molecule has 1 aromatic carbocycles. The van der Waals surface area contributed by atoms with Crippen molar-refractivity contribution in [3.8, 4) is 0 Å². The third kappa shape index (κ3) is 6.77. The molecule has 152 valence electrons. The molecular weight excluding hydrogens is 369 g/mol. The van der Waals surface area contributed by atoms with Crippen molar-refractivity contribution in [2.45, 2.75) is 45.1 Å². The lowest BCUT2D eigenvalue weighted by molar-refractivity contribution is -0.119. The van der Waals surface area contributed by atoms with E-state index in [9.17, 15) is 17.6 Å². The zero-order valence-electron chi connectivity index (χ0n) is 16.2. The van der Waals surface area contributed by atoms with Crippen molar-refractivity contribution in [1.82, 2.24) is 10.2 Å². The Labute approximate surface area is 161 Å². The van der Waals surface area contributed by atoms with Crippen molar-refractivity contribution < 1.29 is 17.6 Å². The molecule has 1 heterocycles. The third-order valence-corrected chi connectivity index (χ3v) is 6.09. The van der Waals surface area contributed by atoms with Crippen LogP contribution in [0.15, 0.2) is 24.3 Å². The quantitative estimate of drug-likeness (QED) is 0.647. The Bertz CT molecular complexity index is 727. The van der Waals surface area contributed by atoms with E-state index in [0.29, 0.717) is 12.6 Å². The summed E-state index contributed by atoms with van der Waals surface area (Å²) in [5, 5.41) is 2.78. The summed E-state index contributed by atoms with van der Waals surface area (Å²) in [7, 11) is -3.69. The molecule has 0 spiro atoms. The number of rotatable bonds is 9. The molecule has 0 aromatic heterocycles. The Balaban J connectivity index is 1.84. The number of amides is 1. The van der Waals surface area contributed by atoms with Crippen LogP contribution in [-0.2, 0) is 14.8 Å². The van der Waals surface area contributed by atoms with Crippen LogP contribution in [0.4, 0.5) is 10.1 Å². The molecule has 1 atom stereocenters. The molecule has 1 aliphatic rings. The van der Waals surface area contributed by atoms with Gasteiger partial charge in [0.25, 0.3) is 0 Å². The lowest BCUT2D eigenvalue weighted by Gasteiger charge is -2.35. The molecule has 1 fully saturated rings. The molecule has 0 radical (unpaired) electrons. The zero-order chi connectivity index (χ0) is 19.9. The van der Waals surface area contributed by atoms with Crippen LogP contribution in [-0.4, -0.2) is 57.7 Å². The van der Waals surface area contributed by atoms with Gasteiger partial charge in [-0.3, -0.25) is 9.10 Å². The van der Waals surface area contributed by atoms with Gasteiger partial charge in [0, 0.05) is 19.1 Å². The zero-order valence-corrected chi connectivity index (χ0v) is 17.0. The standard InChI is InChI=1S/C19H30FN3O3S/c1-3-17-9-4-5-12-22(17)13-7-11-21-19(24)15-23(27(2,25)26)18-10-6-8-16(20)14-18/h6,8,10,14,17H,3-5,7,9,11-13,15H2,1-2H3,(H,21,24). The molecule has 1 saturated heterocycles. The smallest absolute Gasteiger partial charge is 0.240 e. The summed E-state index contributed by atoms with van der Waals surface area (Å²) in [5.74, 6) is -0.941. The van der Waals surface area contributed by atoms with E-state index in [2.05, 4.69) is 17.1 Å². The lowest BCUT2D eigenvalue weighted by Crippen LogP contribution is -2.42. The first-order valence-corrected chi connectivity index (χ1v) is 11.4. The second-order valence-electron chi connectivity index (χ2n) is 7.05. The van der Waals surface area contributed by atoms with Crippen molar-refractivity contribution in [3.05, 3.63) is 30.1 Å². The van der Waals surface area contributed by atoms with Gasteiger partial charge in [-0.25, -0.2) is 12.8 Å². The highest BCUT2D eigenvalue weighted by Crippen LogP contribution is 2.20. The lowest BCUT2D eigenvalue weighted by atomic mass is 10.00. The van der Waals surface area contributed by atoms with E-state index in [1.54, 1.807) is 0 Å². The first-order chi connectivity index (χ1) is 12.8. The van der Waals surface area contributed by atoms with Gasteiger partial charge < -0.3 is 10.2 Å². The minimum atomic E-state index is -3.69. The number of anilines is 1. The topological polar surface area (TPSA) is 69.7 Å². The summed E-state index contributed by atoms with van der Waals surface area (Å²) in [4.78, 5) is 14.7. The van der Waals surface area contributed by atoms with E-state index in [1.807, 2.05) is 0 Å². The molecule has 1 N–H and O–H groups in total. The predicted molar refractivity (Wildman–Crippen MR) is 106 cm³/mol. The second-order valence-corrected chi connectivity index (χ2v) is 8.95. The van der Waals surface area contributed by atoms with Crippen molar-refractivity contribution in [3.63, 3.8) is 0 Å². The maximum atomic E-state index is 13.4. The van der Waals surface area contributed by atoms with Crippen molar-refractivity contribution in [2.24, 2.45) is 0 Å². The number of sulfonamides is 1. The van der Waals surface area contributed by atoms with Crippen LogP contribution in [0.3, 0.4) is 0 Å². The minimum Gasteiger partial charge on any atom is -0.354 e. The van der Waals surface area contributed by atoms with E-state index >= 15 is 0 Å². The number of hydrogen-bond acceptors (Lipinski definition) is 4. The van der Waals surface area contributed by atoms with Crippen LogP contribution in [0.25, 0.3) is 0 Å². The van der Waals surface area contributed by atoms with E-state index < -0.39 is 21.7 Å². The Hall–Kier alpha value is -1.67. The average Bonchev–Trinajstić information content (AvgIpc) is 2.62. The van der Waals surface area contributed by atoms with Crippen LogP contribution in [0.5, 0.6) is 0 Å². The average molecular weight is 400 g/mol. The number of nitrogens with zero attached hydrogens (tertiary/aromatic N) is 2. The number of piperidine rings is 1. The Morgan fingerprint density at radius 1 is 1.37 bits per heavy atom. The number of carbonyl (C=O) groups excluding carboxylic acids is 1. The van der Waals surface area contributed by atoms with E-state index in [4.69, 9.17) is 0 Å². The fraction of sp³-hybridized carbons (Fsp3) is 0.632. The number of likely N-dealkylation sites (tertiary alicyclic amines) is 1. The van der Waals surface area contributed by atoms with Gasteiger partial charge in [0.1, 0.15) is 12.4 Å². The van der Waals surface area contributed by atoms with Crippen LogP contribution < -0.4 is 9.62 Å². The van der Waals surface area contributed by atoms with E-state index in [1.165, 1.54) is 37.5 Å². The SMILES string of the molecule is CCC1CCCCN1CCCNC(=O)CN(c1cccc(F)c1)S(C)(=O)=O. The van der Waals surface area contributed by atoms with Crippen molar-refractivity contribution in [1.29, 1.82) is 0 Å². The molecule has 8 heteroatoms. The summed E-state index contributed by atoms with van der Waals surface area (Å²) in [5.41, 5.74) is 0.145. The van der Waals surface area contributed by atoms with Crippen LogP contribution in [0.2, 0.25) is 0 Å². The van der Waals surface area contributed by atoms with Gasteiger partial charge in [-0.05, 0) is 50.4 Å².